The van der Waals surface area contributed by atoms with Crippen LogP contribution in [-0.4, -0.2) is 59.2 Å². The van der Waals surface area contributed by atoms with Crippen LogP contribution in [0.15, 0.2) is 69.5 Å². The van der Waals surface area contributed by atoms with Gasteiger partial charge in [-0.3, -0.25) is 0 Å². The van der Waals surface area contributed by atoms with E-state index in [1.54, 1.807) is 28.5 Å². The maximum atomic E-state index is 14.6. The first-order chi connectivity index (χ1) is 25.7. The zero-order valence-corrected chi connectivity index (χ0v) is 33.1. The number of allylic oxidation sites excluding steroid dienone is 7. The Hall–Kier alpha value is -2.44. The van der Waals surface area contributed by atoms with Crippen molar-refractivity contribution in [1.29, 1.82) is 0 Å². The molecule has 4 heterocycles. The molecule has 11 heteroatoms. The van der Waals surface area contributed by atoms with Crippen molar-refractivity contribution in [2.24, 2.45) is 40.4 Å². The quantitative estimate of drug-likeness (QED) is 0.131. The summed E-state index contributed by atoms with van der Waals surface area (Å²) < 4.78 is 12.8. The molecule has 0 radical (unpaired) electrons. The SMILES string of the molecule is CCC1(C=C2OC(=O)C3=C2CCC2C4CCC5(C6=CCC(C)C(NCC(C)O)SSCNC7=CC(=CCN7)C(CCCO)C4=C5C(=O)O6)C32)CCCC1. The molecule has 5 N–H and O–H groups in total. The van der Waals surface area contributed by atoms with Crippen LogP contribution in [0.1, 0.15) is 97.8 Å². The second-order valence-corrected chi connectivity index (χ2v) is 19.3. The monoisotopic (exact) mass is 763 g/mol. The summed E-state index contributed by atoms with van der Waals surface area (Å²) in [6.45, 7) is 7.51. The molecule has 9 rings (SSSR count). The Bertz CT molecular complexity index is 1690. The number of ether oxygens (including phenoxy) is 2. The largest absolute Gasteiger partial charge is 0.427 e. The Kier molecular flexibility index (Phi) is 10.8. The van der Waals surface area contributed by atoms with Crippen LogP contribution in [-0.2, 0) is 19.1 Å². The number of fused-ring (bicyclic) bond motifs is 2. The summed E-state index contributed by atoms with van der Waals surface area (Å²) in [4.78, 5) is 28.9. The Balaban J connectivity index is 1.30. The number of nitrogens with one attached hydrogen (secondary N) is 3. The van der Waals surface area contributed by atoms with E-state index in [0.29, 0.717) is 37.6 Å². The summed E-state index contributed by atoms with van der Waals surface area (Å²) in [6, 6.07) is 0. The molecule has 288 valence electrons. The molecule has 0 amide bonds. The molecule has 5 aliphatic carbocycles. The lowest BCUT2D eigenvalue weighted by Gasteiger charge is -2.57. The van der Waals surface area contributed by atoms with Gasteiger partial charge in [-0.1, -0.05) is 54.4 Å². The summed E-state index contributed by atoms with van der Waals surface area (Å²) in [6.07, 6.45) is 19.6. The van der Waals surface area contributed by atoms with E-state index in [4.69, 9.17) is 9.47 Å². The van der Waals surface area contributed by atoms with Crippen LogP contribution in [0.4, 0.5) is 0 Å². The van der Waals surface area contributed by atoms with Crippen molar-refractivity contribution in [2.75, 3.05) is 25.6 Å². The Morgan fingerprint density at radius 2 is 1.94 bits per heavy atom. The highest BCUT2D eigenvalue weighted by Gasteiger charge is 2.69. The van der Waals surface area contributed by atoms with E-state index in [1.165, 1.54) is 24.0 Å². The van der Waals surface area contributed by atoms with E-state index in [9.17, 15) is 19.8 Å². The summed E-state index contributed by atoms with van der Waals surface area (Å²) >= 11 is 0. The molecule has 4 aliphatic heterocycles. The molecule has 3 fully saturated rings. The minimum atomic E-state index is -0.742. The van der Waals surface area contributed by atoms with Crippen molar-refractivity contribution in [3.63, 3.8) is 0 Å². The third kappa shape index (κ3) is 6.58. The molecule has 2 saturated carbocycles. The van der Waals surface area contributed by atoms with E-state index in [0.717, 1.165) is 79.7 Å². The number of aliphatic hydroxyl groups is 2. The average molecular weight is 764 g/mol. The third-order valence-electron chi connectivity index (χ3n) is 13.8. The summed E-state index contributed by atoms with van der Waals surface area (Å²) in [5.41, 5.74) is 4.34. The van der Waals surface area contributed by atoms with Gasteiger partial charge in [0.15, 0.2) is 0 Å². The van der Waals surface area contributed by atoms with Crippen LogP contribution < -0.4 is 16.0 Å². The number of carbonyl (C=O) groups excluding carboxylic acids is 2. The molecule has 9 nitrogen and oxygen atoms in total. The van der Waals surface area contributed by atoms with Crippen LogP contribution in [0.2, 0.25) is 0 Å². The van der Waals surface area contributed by atoms with Crippen molar-refractivity contribution >= 4 is 33.5 Å². The van der Waals surface area contributed by atoms with Gasteiger partial charge in [-0.25, -0.2) is 9.59 Å². The Labute approximate surface area is 322 Å². The lowest BCUT2D eigenvalue weighted by atomic mass is 9.43. The Morgan fingerprint density at radius 1 is 1.11 bits per heavy atom. The van der Waals surface area contributed by atoms with Gasteiger partial charge in [0, 0.05) is 42.7 Å². The molecule has 0 aromatic heterocycles. The van der Waals surface area contributed by atoms with Crippen molar-refractivity contribution in [2.45, 2.75) is 109 Å². The summed E-state index contributed by atoms with van der Waals surface area (Å²) in [5, 5.41) is 31.0. The van der Waals surface area contributed by atoms with E-state index < -0.39 is 11.5 Å². The maximum absolute atomic E-state index is 14.6. The second-order valence-electron chi connectivity index (χ2n) is 16.8. The summed E-state index contributed by atoms with van der Waals surface area (Å²) in [7, 11) is 3.50. The van der Waals surface area contributed by atoms with Gasteiger partial charge in [-0.05, 0) is 124 Å². The van der Waals surface area contributed by atoms with Gasteiger partial charge in [-0.2, -0.15) is 0 Å². The van der Waals surface area contributed by atoms with E-state index in [1.807, 2.05) is 0 Å². The molecule has 53 heavy (non-hydrogen) atoms. The number of rotatable bonds is 8. The van der Waals surface area contributed by atoms with Gasteiger partial charge >= 0.3 is 11.9 Å². The number of hydrogen-bond acceptors (Lipinski definition) is 11. The van der Waals surface area contributed by atoms with Crippen molar-refractivity contribution in [1.82, 2.24) is 16.0 Å². The third-order valence-corrected chi connectivity index (χ3v) is 16.4. The number of hydrogen-bond donors (Lipinski definition) is 5. The molecule has 7 bridgehead atoms. The minimum absolute atomic E-state index is 0.0374. The fraction of sp³-hybridized carbons (Fsp3) is 0.667. The first-order valence-corrected chi connectivity index (χ1v) is 22.6. The fourth-order valence-electron chi connectivity index (χ4n) is 11.3. The van der Waals surface area contributed by atoms with Crippen molar-refractivity contribution < 1.29 is 29.3 Å². The highest BCUT2D eigenvalue weighted by molar-refractivity contribution is 8.76. The number of carbonyl (C=O) groups is 2. The average Bonchev–Trinajstić information content (AvgIpc) is 3.84. The van der Waals surface area contributed by atoms with Crippen molar-refractivity contribution in [3.05, 3.63) is 69.5 Å². The standard InChI is InChI=1S/C42H57N3O6S2/c1-4-41(15-5-6-16-41)21-31-30-11-10-29-28-13-17-42(36(29)35(30)39(48)50-31)32-12-9-24(2)38(44-22-25(3)47)53-52-23-45-33-20-26(14-18-43-33)27(8-7-19-46)34(28)37(42)40(49)51-32/h12,14,20-21,24-25,27-29,36,38,43-47H,4-11,13,15-19,22-23H2,1-3H3. The molecular formula is C42H57N3O6S2. The first kappa shape index (κ1) is 37.5. The summed E-state index contributed by atoms with van der Waals surface area (Å²) in [5.74, 6) is 2.92. The minimum Gasteiger partial charge on any atom is -0.427 e. The van der Waals surface area contributed by atoms with Gasteiger partial charge in [-0.15, -0.1) is 0 Å². The van der Waals surface area contributed by atoms with Gasteiger partial charge in [0.1, 0.15) is 11.5 Å². The van der Waals surface area contributed by atoms with E-state index in [-0.39, 0.29) is 58.9 Å². The number of cyclic esters (lactones) is 1. The fourth-order valence-corrected chi connectivity index (χ4v) is 13.8. The van der Waals surface area contributed by atoms with E-state index in [2.05, 4.69) is 54.1 Å². The second kappa shape index (κ2) is 15.2. The number of dihydropyridines is 1. The molecular weight excluding hydrogens is 707 g/mol. The van der Waals surface area contributed by atoms with Gasteiger partial charge in [0.2, 0.25) is 0 Å². The van der Waals surface area contributed by atoms with Crippen LogP contribution in [0.5, 0.6) is 0 Å². The highest BCUT2D eigenvalue weighted by atomic mass is 33.1. The number of esters is 2. The number of aliphatic hydroxyl groups excluding tert-OH is 2. The van der Waals surface area contributed by atoms with Crippen LogP contribution in [0.3, 0.4) is 0 Å². The normalized spacial score (nSPS) is 36.2. The Morgan fingerprint density at radius 3 is 2.72 bits per heavy atom. The van der Waals surface area contributed by atoms with Crippen LogP contribution in [0.25, 0.3) is 0 Å². The smallest absolute Gasteiger partial charge is 0.340 e. The molecule has 0 aromatic carbocycles. The molecule has 8 atom stereocenters. The molecule has 8 unspecified atom stereocenters. The zero-order valence-electron chi connectivity index (χ0n) is 31.5. The van der Waals surface area contributed by atoms with Crippen molar-refractivity contribution in [3.8, 4) is 0 Å². The lowest BCUT2D eigenvalue weighted by molar-refractivity contribution is -0.135. The van der Waals surface area contributed by atoms with Gasteiger partial charge in [0.05, 0.1) is 34.2 Å². The molecule has 1 saturated heterocycles. The predicted octanol–water partition coefficient (Wildman–Crippen LogP) is 6.89. The molecule has 9 aliphatic rings. The molecule has 1 spiro atoms. The predicted molar refractivity (Wildman–Crippen MR) is 209 cm³/mol. The van der Waals surface area contributed by atoms with Crippen LogP contribution >= 0.6 is 21.6 Å². The topological polar surface area (TPSA) is 129 Å². The lowest BCUT2D eigenvalue weighted by Crippen LogP contribution is -2.53. The van der Waals surface area contributed by atoms with E-state index >= 15 is 0 Å². The maximum Gasteiger partial charge on any atom is 0.340 e. The van der Waals surface area contributed by atoms with Gasteiger partial charge < -0.3 is 35.6 Å². The van der Waals surface area contributed by atoms with Crippen LogP contribution in [0, 0.1) is 40.4 Å². The first-order valence-electron chi connectivity index (χ1n) is 20.3. The highest BCUT2D eigenvalue weighted by Crippen LogP contribution is 2.71. The molecule has 0 aromatic rings. The zero-order chi connectivity index (χ0) is 36.9. The van der Waals surface area contributed by atoms with Gasteiger partial charge in [0.25, 0.3) is 0 Å².